The number of aromatic hydroxyl groups is 1. The molecule has 2 aromatic rings. The van der Waals surface area contributed by atoms with Crippen LogP contribution in [0.1, 0.15) is 6.42 Å². The molecule has 6 heteroatoms. The fourth-order valence-corrected chi connectivity index (χ4v) is 2.76. The Morgan fingerprint density at radius 2 is 1.92 bits per heavy atom. The molecule has 1 fully saturated rings. The summed E-state index contributed by atoms with van der Waals surface area (Å²) in [4.78, 5) is 26.3. The number of hydrogen-bond donors (Lipinski definition) is 2. The van der Waals surface area contributed by atoms with Gasteiger partial charge in [0.05, 0.1) is 18.7 Å². The average Bonchev–Trinajstić information content (AvgIpc) is 2.98. The third-order valence-corrected chi connectivity index (χ3v) is 4.01. The van der Waals surface area contributed by atoms with Crippen molar-refractivity contribution in [3.8, 4) is 11.5 Å². The summed E-state index contributed by atoms with van der Waals surface area (Å²) < 4.78 is 5.29. The lowest BCUT2D eigenvalue weighted by molar-refractivity contribution is -0.122. The molecule has 0 spiro atoms. The molecule has 1 saturated heterocycles. The number of hydrogen-bond acceptors (Lipinski definition) is 4. The monoisotopic (exact) mass is 326 g/mol. The molecular weight excluding hydrogens is 308 g/mol. The summed E-state index contributed by atoms with van der Waals surface area (Å²) in [6.45, 7) is 0.309. The molecule has 24 heavy (non-hydrogen) atoms. The smallest absolute Gasteiger partial charge is 0.229 e. The van der Waals surface area contributed by atoms with Gasteiger partial charge in [0, 0.05) is 18.7 Å². The lowest BCUT2D eigenvalue weighted by atomic mass is 10.1. The maximum atomic E-state index is 12.4. The number of rotatable bonds is 4. The predicted octanol–water partition coefficient (Wildman–Crippen LogP) is 2.39. The van der Waals surface area contributed by atoms with Crippen molar-refractivity contribution in [1.82, 2.24) is 0 Å². The van der Waals surface area contributed by atoms with Crippen LogP contribution in [0.3, 0.4) is 0 Å². The van der Waals surface area contributed by atoms with Crippen molar-refractivity contribution in [3.63, 3.8) is 0 Å². The van der Waals surface area contributed by atoms with Crippen molar-refractivity contribution in [3.05, 3.63) is 48.5 Å². The minimum atomic E-state index is -0.434. The van der Waals surface area contributed by atoms with E-state index in [2.05, 4.69) is 5.32 Å². The maximum Gasteiger partial charge on any atom is 0.229 e. The Morgan fingerprint density at radius 1 is 1.21 bits per heavy atom. The van der Waals surface area contributed by atoms with E-state index >= 15 is 0 Å². The Labute approximate surface area is 139 Å². The lowest BCUT2D eigenvalue weighted by Gasteiger charge is -2.19. The molecule has 124 valence electrons. The molecule has 1 aliphatic heterocycles. The van der Waals surface area contributed by atoms with Crippen molar-refractivity contribution < 1.29 is 19.4 Å². The molecule has 2 N–H and O–H groups in total. The second-order valence-electron chi connectivity index (χ2n) is 5.61. The van der Waals surface area contributed by atoms with Crippen LogP contribution >= 0.6 is 0 Å². The molecule has 1 unspecified atom stereocenters. The number of carbonyl (C=O) groups excluding carboxylic acids is 2. The fourth-order valence-electron chi connectivity index (χ4n) is 2.76. The number of phenolic OH excluding ortho intramolecular Hbond substituents is 1. The van der Waals surface area contributed by atoms with Crippen LogP contribution < -0.4 is 15.0 Å². The van der Waals surface area contributed by atoms with E-state index in [1.54, 1.807) is 36.3 Å². The number of methoxy groups -OCH3 is 1. The van der Waals surface area contributed by atoms with Gasteiger partial charge in [-0.05, 0) is 36.4 Å². The summed E-state index contributed by atoms with van der Waals surface area (Å²) in [7, 11) is 1.55. The van der Waals surface area contributed by atoms with Gasteiger partial charge in [-0.25, -0.2) is 0 Å². The van der Waals surface area contributed by atoms with E-state index in [-0.39, 0.29) is 24.0 Å². The van der Waals surface area contributed by atoms with E-state index in [1.165, 1.54) is 12.1 Å². The van der Waals surface area contributed by atoms with Gasteiger partial charge in [-0.15, -0.1) is 0 Å². The van der Waals surface area contributed by atoms with Crippen molar-refractivity contribution in [1.29, 1.82) is 0 Å². The molecule has 0 saturated carbocycles. The molecule has 0 bridgehead atoms. The first-order chi connectivity index (χ1) is 11.6. The van der Waals surface area contributed by atoms with E-state index in [0.29, 0.717) is 23.7 Å². The average molecular weight is 326 g/mol. The molecule has 0 aliphatic carbocycles. The number of para-hydroxylation sites is 2. The number of amides is 2. The number of carbonyl (C=O) groups is 2. The van der Waals surface area contributed by atoms with Gasteiger partial charge >= 0.3 is 0 Å². The second kappa shape index (κ2) is 6.62. The highest BCUT2D eigenvalue weighted by Crippen LogP contribution is 2.33. The number of nitrogens with one attached hydrogen (secondary N) is 1. The van der Waals surface area contributed by atoms with E-state index in [4.69, 9.17) is 4.74 Å². The molecular formula is C18H18N2O4. The van der Waals surface area contributed by atoms with E-state index < -0.39 is 5.92 Å². The van der Waals surface area contributed by atoms with Crippen LogP contribution in [0.5, 0.6) is 11.5 Å². The van der Waals surface area contributed by atoms with Crippen molar-refractivity contribution in [2.45, 2.75) is 6.42 Å². The quantitative estimate of drug-likeness (QED) is 0.846. The Balaban J connectivity index is 1.72. The first-order valence-electron chi connectivity index (χ1n) is 7.62. The topological polar surface area (TPSA) is 78.9 Å². The van der Waals surface area contributed by atoms with Crippen LogP contribution in [0.15, 0.2) is 48.5 Å². The van der Waals surface area contributed by atoms with Crippen LogP contribution in [0.2, 0.25) is 0 Å². The molecule has 1 heterocycles. The highest BCUT2D eigenvalue weighted by atomic mass is 16.5. The molecule has 0 radical (unpaired) electrons. The van der Waals surface area contributed by atoms with E-state index in [9.17, 15) is 14.7 Å². The van der Waals surface area contributed by atoms with Gasteiger partial charge in [-0.2, -0.15) is 0 Å². The summed E-state index contributed by atoms with van der Waals surface area (Å²) in [5.41, 5.74) is 1.26. The Morgan fingerprint density at radius 3 is 2.62 bits per heavy atom. The molecule has 1 aliphatic rings. The summed E-state index contributed by atoms with van der Waals surface area (Å²) >= 11 is 0. The lowest BCUT2D eigenvalue weighted by Crippen LogP contribution is -2.28. The number of ether oxygens (including phenoxy) is 1. The van der Waals surface area contributed by atoms with Crippen molar-refractivity contribution in [2.75, 3.05) is 23.9 Å². The first kappa shape index (κ1) is 15.9. The summed E-state index contributed by atoms with van der Waals surface area (Å²) in [5, 5.41) is 12.0. The zero-order valence-corrected chi connectivity index (χ0v) is 13.2. The van der Waals surface area contributed by atoms with Crippen LogP contribution in [-0.4, -0.2) is 30.6 Å². The molecule has 3 rings (SSSR count). The van der Waals surface area contributed by atoms with Crippen LogP contribution in [0, 0.1) is 5.92 Å². The van der Waals surface area contributed by atoms with Crippen LogP contribution in [0.25, 0.3) is 0 Å². The fraction of sp³-hybridized carbons (Fsp3) is 0.222. The molecule has 6 nitrogen and oxygen atoms in total. The predicted molar refractivity (Wildman–Crippen MR) is 90.2 cm³/mol. The first-order valence-corrected chi connectivity index (χ1v) is 7.62. The number of anilines is 2. The highest BCUT2D eigenvalue weighted by molar-refractivity contribution is 6.04. The minimum Gasteiger partial charge on any atom is -0.508 e. The van der Waals surface area contributed by atoms with Gasteiger partial charge in [0.1, 0.15) is 11.5 Å². The number of phenols is 1. The minimum absolute atomic E-state index is 0.106. The van der Waals surface area contributed by atoms with Crippen molar-refractivity contribution >= 4 is 23.2 Å². The van der Waals surface area contributed by atoms with Crippen LogP contribution in [0.4, 0.5) is 11.4 Å². The molecule has 2 aromatic carbocycles. The summed E-state index contributed by atoms with van der Waals surface area (Å²) in [5.74, 6) is -0.0233. The Hall–Kier alpha value is -3.02. The molecule has 1 atom stereocenters. The largest absolute Gasteiger partial charge is 0.508 e. The zero-order chi connectivity index (χ0) is 17.1. The Bertz CT molecular complexity index is 758. The van der Waals surface area contributed by atoms with Gasteiger partial charge in [-0.1, -0.05) is 12.1 Å². The highest BCUT2D eigenvalue weighted by Gasteiger charge is 2.36. The van der Waals surface area contributed by atoms with Gasteiger partial charge < -0.3 is 20.1 Å². The number of benzene rings is 2. The number of nitrogens with zero attached hydrogens (tertiary/aromatic N) is 1. The second-order valence-corrected chi connectivity index (χ2v) is 5.61. The Kier molecular flexibility index (Phi) is 4.37. The van der Waals surface area contributed by atoms with Gasteiger partial charge in [0.2, 0.25) is 11.8 Å². The summed E-state index contributed by atoms with van der Waals surface area (Å²) in [6.07, 6.45) is 0.155. The normalized spacial score (nSPS) is 17.0. The standard InChI is InChI=1S/C18H18N2O4/c1-24-16-5-3-2-4-15(16)20-11-12(10-17(20)22)18(23)19-13-6-8-14(21)9-7-13/h2-9,12,21H,10-11H2,1H3,(H,19,23). The van der Waals surface area contributed by atoms with E-state index in [0.717, 1.165) is 0 Å². The maximum absolute atomic E-state index is 12.4. The van der Waals surface area contributed by atoms with E-state index in [1.807, 2.05) is 12.1 Å². The van der Waals surface area contributed by atoms with Gasteiger partial charge in [-0.3, -0.25) is 9.59 Å². The van der Waals surface area contributed by atoms with Gasteiger partial charge in [0.15, 0.2) is 0 Å². The summed E-state index contributed by atoms with van der Waals surface area (Å²) in [6, 6.07) is 13.5. The zero-order valence-electron chi connectivity index (χ0n) is 13.2. The van der Waals surface area contributed by atoms with Crippen LogP contribution in [-0.2, 0) is 9.59 Å². The molecule has 2 amide bonds. The molecule has 0 aromatic heterocycles. The van der Waals surface area contributed by atoms with Crippen molar-refractivity contribution in [2.24, 2.45) is 5.92 Å². The SMILES string of the molecule is COc1ccccc1N1CC(C(=O)Nc2ccc(O)cc2)CC1=O. The third-order valence-electron chi connectivity index (χ3n) is 4.01. The van der Waals surface area contributed by atoms with Gasteiger partial charge in [0.25, 0.3) is 0 Å². The third kappa shape index (κ3) is 3.17.